The maximum absolute atomic E-state index is 11.6. The van der Waals surface area contributed by atoms with Crippen LogP contribution < -0.4 is 0 Å². The summed E-state index contributed by atoms with van der Waals surface area (Å²) in [5.74, 6) is -0.328. The summed E-state index contributed by atoms with van der Waals surface area (Å²) in [5, 5.41) is 0. The first kappa shape index (κ1) is 14.4. The smallest absolute Gasteiger partial charge is 0.337 e. The molecule has 98 valence electrons. The molecule has 5 heteroatoms. The zero-order valence-corrected chi connectivity index (χ0v) is 12.7. The molecular formula is C14H12O2S3. The van der Waals surface area contributed by atoms with Gasteiger partial charge in [-0.25, -0.2) is 4.79 Å². The van der Waals surface area contributed by atoms with E-state index in [0.717, 1.165) is 14.7 Å². The summed E-state index contributed by atoms with van der Waals surface area (Å²) in [7, 11) is 2.75. The lowest BCUT2D eigenvalue weighted by molar-refractivity contribution is 0.0600. The monoisotopic (exact) mass is 308 g/mol. The summed E-state index contributed by atoms with van der Waals surface area (Å²) in [6, 6.07) is 15.5. The molecule has 2 aromatic carbocycles. The van der Waals surface area contributed by atoms with Crippen LogP contribution in [0.4, 0.5) is 0 Å². The second-order valence-corrected chi connectivity index (χ2v) is 5.94. The Kier molecular flexibility index (Phi) is 5.24. The van der Waals surface area contributed by atoms with Gasteiger partial charge in [0.25, 0.3) is 0 Å². The lowest BCUT2D eigenvalue weighted by atomic mass is 10.2. The first-order valence-electron chi connectivity index (χ1n) is 5.51. The Labute approximate surface area is 125 Å². The van der Waals surface area contributed by atoms with Crippen LogP contribution in [0.25, 0.3) is 0 Å². The van der Waals surface area contributed by atoms with E-state index in [9.17, 15) is 4.79 Å². The second kappa shape index (κ2) is 6.93. The molecule has 2 rings (SSSR count). The fraction of sp³-hybridized carbons (Fsp3) is 0.0714. The van der Waals surface area contributed by atoms with E-state index >= 15 is 0 Å². The van der Waals surface area contributed by atoms with Gasteiger partial charge in [-0.05, 0) is 30.3 Å². The summed E-state index contributed by atoms with van der Waals surface area (Å²) in [6.45, 7) is 0. The number of carbonyl (C=O) groups is 1. The summed E-state index contributed by atoms with van der Waals surface area (Å²) >= 11 is 5.85. The van der Waals surface area contributed by atoms with Crippen molar-refractivity contribution in [2.24, 2.45) is 0 Å². The topological polar surface area (TPSA) is 26.3 Å². The number of esters is 1. The zero-order chi connectivity index (χ0) is 13.7. The lowest BCUT2D eigenvalue weighted by Gasteiger charge is -2.08. The summed E-state index contributed by atoms with van der Waals surface area (Å²) < 4.78 is 4.74. The Morgan fingerprint density at radius 2 is 1.84 bits per heavy atom. The van der Waals surface area contributed by atoms with Crippen LogP contribution in [0.15, 0.2) is 63.2 Å². The highest BCUT2D eigenvalue weighted by atomic mass is 33.1. The minimum Gasteiger partial charge on any atom is -0.465 e. The maximum Gasteiger partial charge on any atom is 0.337 e. The van der Waals surface area contributed by atoms with E-state index < -0.39 is 0 Å². The van der Waals surface area contributed by atoms with E-state index in [0.29, 0.717) is 5.56 Å². The van der Waals surface area contributed by atoms with E-state index in [1.54, 1.807) is 17.8 Å². The van der Waals surface area contributed by atoms with E-state index in [4.69, 9.17) is 4.74 Å². The number of hydrogen-bond donors (Lipinski definition) is 1. The highest BCUT2D eigenvalue weighted by Crippen LogP contribution is 2.37. The molecule has 2 nitrogen and oxygen atoms in total. The lowest BCUT2D eigenvalue weighted by Crippen LogP contribution is -2.01. The van der Waals surface area contributed by atoms with Crippen molar-refractivity contribution in [1.29, 1.82) is 0 Å². The van der Waals surface area contributed by atoms with Crippen LogP contribution in [-0.4, -0.2) is 13.1 Å². The number of carbonyl (C=O) groups excluding carboxylic acids is 1. The third-order valence-electron chi connectivity index (χ3n) is 2.43. The molecule has 2 aromatic rings. The SMILES string of the molecule is COC(=O)c1ccc(SS)c(Sc2ccccc2)c1. The predicted octanol–water partition coefficient (Wildman–Crippen LogP) is 4.56. The van der Waals surface area contributed by atoms with Gasteiger partial charge in [0.15, 0.2) is 0 Å². The van der Waals surface area contributed by atoms with E-state index in [-0.39, 0.29) is 5.97 Å². The largest absolute Gasteiger partial charge is 0.465 e. The average Bonchev–Trinajstić information content (AvgIpc) is 2.47. The first-order valence-corrected chi connectivity index (χ1v) is 8.20. The number of methoxy groups -OCH3 is 1. The standard InChI is InChI=1S/C14H12O2S3/c1-16-14(15)10-7-8-12(19-17)13(9-10)18-11-5-3-2-4-6-11/h2-9,17H,1H3. The molecule has 0 spiro atoms. The zero-order valence-electron chi connectivity index (χ0n) is 10.2. The van der Waals surface area contributed by atoms with Gasteiger partial charge in [0, 0.05) is 14.7 Å². The molecule has 0 N–H and O–H groups in total. The molecule has 0 aliphatic carbocycles. The van der Waals surface area contributed by atoms with Gasteiger partial charge in [0.1, 0.15) is 0 Å². The van der Waals surface area contributed by atoms with Crippen molar-refractivity contribution in [3.8, 4) is 0 Å². The van der Waals surface area contributed by atoms with Crippen LogP contribution in [0.1, 0.15) is 10.4 Å². The minimum absolute atomic E-state index is 0.328. The van der Waals surface area contributed by atoms with Crippen molar-refractivity contribution < 1.29 is 9.53 Å². The number of benzene rings is 2. The van der Waals surface area contributed by atoms with Crippen LogP contribution in [0.5, 0.6) is 0 Å². The van der Waals surface area contributed by atoms with Crippen LogP contribution >= 0.6 is 34.2 Å². The molecule has 0 atom stereocenters. The fourth-order valence-corrected chi connectivity index (χ4v) is 3.62. The van der Waals surface area contributed by atoms with Gasteiger partial charge in [-0.15, -0.1) is 11.7 Å². The minimum atomic E-state index is -0.328. The number of thiol groups is 1. The van der Waals surface area contributed by atoms with Gasteiger partial charge < -0.3 is 4.74 Å². The molecule has 0 fully saturated rings. The summed E-state index contributed by atoms with van der Waals surface area (Å²) in [5.41, 5.74) is 0.548. The molecule has 0 heterocycles. The molecule has 0 radical (unpaired) electrons. The quantitative estimate of drug-likeness (QED) is 0.509. The van der Waals surface area contributed by atoms with E-state index in [2.05, 4.69) is 11.7 Å². The van der Waals surface area contributed by atoms with E-state index in [1.165, 1.54) is 17.9 Å². The number of ether oxygens (including phenoxy) is 1. The van der Waals surface area contributed by atoms with Crippen molar-refractivity contribution in [3.63, 3.8) is 0 Å². The van der Waals surface area contributed by atoms with Gasteiger partial charge in [-0.2, -0.15) is 0 Å². The van der Waals surface area contributed by atoms with Crippen molar-refractivity contribution in [1.82, 2.24) is 0 Å². The fourth-order valence-electron chi connectivity index (χ4n) is 1.52. The molecule has 0 aliphatic rings. The van der Waals surface area contributed by atoms with Crippen molar-refractivity contribution >= 4 is 40.2 Å². The predicted molar refractivity (Wildman–Crippen MR) is 83.2 cm³/mol. The Balaban J connectivity index is 2.34. The van der Waals surface area contributed by atoms with Gasteiger partial charge in [-0.3, -0.25) is 0 Å². The third kappa shape index (κ3) is 3.72. The number of hydrogen-bond acceptors (Lipinski definition) is 5. The molecule has 0 amide bonds. The highest BCUT2D eigenvalue weighted by molar-refractivity contribution is 8.68. The average molecular weight is 308 g/mol. The third-order valence-corrected chi connectivity index (χ3v) is 4.77. The molecule has 0 aliphatic heterocycles. The summed E-state index contributed by atoms with van der Waals surface area (Å²) in [4.78, 5) is 14.7. The molecule has 0 saturated carbocycles. The second-order valence-electron chi connectivity index (χ2n) is 3.66. The number of rotatable bonds is 4. The van der Waals surface area contributed by atoms with Crippen molar-refractivity contribution in [2.45, 2.75) is 14.7 Å². The van der Waals surface area contributed by atoms with E-state index in [1.807, 2.05) is 42.5 Å². The molecule has 19 heavy (non-hydrogen) atoms. The first-order chi connectivity index (χ1) is 9.24. The van der Waals surface area contributed by atoms with Crippen LogP contribution in [-0.2, 0) is 4.74 Å². The van der Waals surface area contributed by atoms with Crippen LogP contribution in [0.2, 0.25) is 0 Å². The Morgan fingerprint density at radius 3 is 2.47 bits per heavy atom. The molecule has 0 unspecified atom stereocenters. The molecule has 0 saturated heterocycles. The van der Waals surface area contributed by atoms with Crippen LogP contribution in [0, 0.1) is 0 Å². The molecule has 0 aromatic heterocycles. The Hall–Kier alpha value is -1.04. The molecular weight excluding hydrogens is 296 g/mol. The van der Waals surface area contributed by atoms with Gasteiger partial charge in [-0.1, -0.05) is 40.8 Å². The molecule has 0 bridgehead atoms. The van der Waals surface area contributed by atoms with Gasteiger partial charge in [0.2, 0.25) is 0 Å². The van der Waals surface area contributed by atoms with Crippen molar-refractivity contribution in [2.75, 3.05) is 7.11 Å². The van der Waals surface area contributed by atoms with Gasteiger partial charge in [0.05, 0.1) is 12.7 Å². The van der Waals surface area contributed by atoms with Crippen LogP contribution in [0.3, 0.4) is 0 Å². The Bertz CT molecular complexity index is 570. The van der Waals surface area contributed by atoms with Gasteiger partial charge >= 0.3 is 5.97 Å². The van der Waals surface area contributed by atoms with Crippen molar-refractivity contribution in [3.05, 3.63) is 54.1 Å². The highest BCUT2D eigenvalue weighted by Gasteiger charge is 2.10. The normalized spacial score (nSPS) is 10.2. The Morgan fingerprint density at radius 1 is 1.11 bits per heavy atom. The summed E-state index contributed by atoms with van der Waals surface area (Å²) in [6.07, 6.45) is 0. The maximum atomic E-state index is 11.6.